The van der Waals surface area contributed by atoms with Crippen LogP contribution in [0.2, 0.25) is 0 Å². The number of nitrogens with zero attached hydrogens (tertiary/aromatic N) is 5. The van der Waals surface area contributed by atoms with Crippen molar-refractivity contribution < 1.29 is 9.53 Å². The first-order valence-corrected chi connectivity index (χ1v) is 5.50. The number of ether oxygens (including phenoxy) is 1. The van der Waals surface area contributed by atoms with E-state index in [1.807, 2.05) is 13.8 Å². The average molecular weight is 250 g/mol. The smallest absolute Gasteiger partial charge is 0.328 e. The van der Waals surface area contributed by atoms with Gasteiger partial charge in [-0.3, -0.25) is 4.98 Å². The molecular formula is C10H14N6O2. The molecule has 1 N–H and O–H groups in total. The number of rotatable bonds is 4. The van der Waals surface area contributed by atoms with E-state index in [9.17, 15) is 4.79 Å². The van der Waals surface area contributed by atoms with Crippen molar-refractivity contribution in [2.75, 3.05) is 12.4 Å². The van der Waals surface area contributed by atoms with Crippen LogP contribution in [0.5, 0.6) is 0 Å². The topological polar surface area (TPSA) is 94.3 Å². The van der Waals surface area contributed by atoms with E-state index >= 15 is 0 Å². The molecule has 1 unspecified atom stereocenters. The quantitative estimate of drug-likeness (QED) is 0.770. The van der Waals surface area contributed by atoms with Gasteiger partial charge in [-0.05, 0) is 16.3 Å². The zero-order chi connectivity index (χ0) is 13.1. The second-order valence-corrected chi connectivity index (χ2v) is 4.13. The molecule has 1 atom stereocenters. The highest BCUT2D eigenvalue weighted by atomic mass is 16.5. The summed E-state index contributed by atoms with van der Waals surface area (Å²) < 4.78 is 6.23. The Balaban J connectivity index is 2.31. The molecule has 18 heavy (non-hydrogen) atoms. The lowest BCUT2D eigenvalue weighted by molar-refractivity contribution is -0.142. The van der Waals surface area contributed by atoms with Crippen molar-refractivity contribution in [1.29, 1.82) is 0 Å². The van der Waals surface area contributed by atoms with Crippen molar-refractivity contribution in [1.82, 2.24) is 25.0 Å². The van der Waals surface area contributed by atoms with Crippen LogP contribution in [-0.2, 0) is 9.53 Å². The van der Waals surface area contributed by atoms with Crippen molar-refractivity contribution >= 4 is 17.4 Å². The summed E-state index contributed by atoms with van der Waals surface area (Å²) in [4.78, 5) is 15.7. The average Bonchev–Trinajstić information content (AvgIpc) is 2.83. The Bertz CT molecular complexity index is 552. The van der Waals surface area contributed by atoms with Gasteiger partial charge in [0.05, 0.1) is 19.5 Å². The molecule has 0 aliphatic heterocycles. The first-order valence-electron chi connectivity index (χ1n) is 5.50. The number of tetrazole rings is 1. The molecule has 2 aromatic rings. The zero-order valence-corrected chi connectivity index (χ0v) is 10.4. The molecule has 0 saturated carbocycles. The number of hydrogen-bond donors (Lipinski definition) is 1. The van der Waals surface area contributed by atoms with E-state index in [0.717, 1.165) is 0 Å². The molecule has 0 radical (unpaired) electrons. The number of carbonyl (C=O) groups excluding carboxylic acids is 1. The maximum atomic E-state index is 11.7. The van der Waals surface area contributed by atoms with Gasteiger partial charge < -0.3 is 10.1 Å². The molecule has 8 heteroatoms. The summed E-state index contributed by atoms with van der Waals surface area (Å²) in [5, 5.41) is 14.2. The van der Waals surface area contributed by atoms with E-state index in [1.165, 1.54) is 17.8 Å². The number of aromatic nitrogens is 5. The van der Waals surface area contributed by atoms with Gasteiger partial charge >= 0.3 is 5.97 Å². The molecule has 0 aromatic carbocycles. The van der Waals surface area contributed by atoms with Crippen LogP contribution in [0.4, 0.5) is 5.82 Å². The molecule has 0 amide bonds. The second kappa shape index (κ2) is 4.94. The Kier molecular flexibility index (Phi) is 3.35. The lowest BCUT2D eigenvalue weighted by Crippen LogP contribution is -2.36. The summed E-state index contributed by atoms with van der Waals surface area (Å²) in [5.41, 5.74) is 0.507. The lowest BCUT2D eigenvalue weighted by atomic mass is 10.1. The van der Waals surface area contributed by atoms with E-state index in [1.54, 1.807) is 6.20 Å². The SMILES string of the molecule is COC(=O)C(Nc1cncc2nnnn12)C(C)C. The number of nitrogens with one attached hydrogen (secondary N) is 1. The van der Waals surface area contributed by atoms with E-state index < -0.39 is 6.04 Å². The largest absolute Gasteiger partial charge is 0.467 e. The zero-order valence-electron chi connectivity index (χ0n) is 10.4. The van der Waals surface area contributed by atoms with Crippen molar-refractivity contribution in [3.63, 3.8) is 0 Å². The highest BCUT2D eigenvalue weighted by Gasteiger charge is 2.23. The van der Waals surface area contributed by atoms with Crippen LogP contribution >= 0.6 is 0 Å². The molecular weight excluding hydrogens is 236 g/mol. The summed E-state index contributed by atoms with van der Waals surface area (Å²) in [6.07, 6.45) is 3.09. The predicted molar refractivity (Wildman–Crippen MR) is 62.8 cm³/mol. The van der Waals surface area contributed by atoms with Gasteiger partial charge in [-0.15, -0.1) is 5.10 Å². The molecule has 96 valence electrons. The molecule has 0 spiro atoms. The molecule has 0 aliphatic rings. The number of carbonyl (C=O) groups is 1. The van der Waals surface area contributed by atoms with Crippen LogP contribution in [0.1, 0.15) is 13.8 Å². The first kappa shape index (κ1) is 12.2. The normalized spacial score (nSPS) is 12.7. The fourth-order valence-corrected chi connectivity index (χ4v) is 1.56. The van der Waals surface area contributed by atoms with Crippen LogP contribution in [0.15, 0.2) is 12.4 Å². The first-order chi connectivity index (χ1) is 8.63. The van der Waals surface area contributed by atoms with Gasteiger partial charge in [0.1, 0.15) is 6.04 Å². The van der Waals surface area contributed by atoms with Crippen LogP contribution < -0.4 is 5.32 Å². The molecule has 0 bridgehead atoms. The molecule has 2 aromatic heterocycles. The summed E-state index contributed by atoms with van der Waals surface area (Å²) >= 11 is 0. The lowest BCUT2D eigenvalue weighted by Gasteiger charge is -2.20. The molecule has 0 saturated heterocycles. The minimum Gasteiger partial charge on any atom is -0.467 e. The van der Waals surface area contributed by atoms with Gasteiger partial charge in [0, 0.05) is 0 Å². The minimum atomic E-state index is -0.480. The van der Waals surface area contributed by atoms with Crippen LogP contribution in [-0.4, -0.2) is 44.1 Å². The summed E-state index contributed by atoms with van der Waals surface area (Å²) in [6.45, 7) is 3.84. The molecule has 2 rings (SSSR count). The Morgan fingerprint density at radius 1 is 1.44 bits per heavy atom. The number of anilines is 1. The highest BCUT2D eigenvalue weighted by molar-refractivity contribution is 5.79. The third kappa shape index (κ3) is 2.22. The monoisotopic (exact) mass is 250 g/mol. The highest BCUT2D eigenvalue weighted by Crippen LogP contribution is 2.13. The summed E-state index contributed by atoms with van der Waals surface area (Å²) in [6, 6.07) is -0.480. The summed E-state index contributed by atoms with van der Waals surface area (Å²) in [5.74, 6) is 0.265. The van der Waals surface area contributed by atoms with Crippen molar-refractivity contribution in [3.05, 3.63) is 12.4 Å². The predicted octanol–water partition coefficient (Wildman–Crippen LogP) is 0.129. The molecule has 0 aliphatic carbocycles. The van der Waals surface area contributed by atoms with Gasteiger partial charge in [-0.1, -0.05) is 13.8 Å². The van der Waals surface area contributed by atoms with E-state index in [4.69, 9.17) is 4.74 Å². The number of esters is 1. The molecule has 8 nitrogen and oxygen atoms in total. The number of hydrogen-bond acceptors (Lipinski definition) is 7. The number of methoxy groups -OCH3 is 1. The third-order valence-corrected chi connectivity index (χ3v) is 2.53. The minimum absolute atomic E-state index is 0.0594. The Morgan fingerprint density at radius 3 is 2.89 bits per heavy atom. The third-order valence-electron chi connectivity index (χ3n) is 2.53. The standard InChI is InChI=1S/C10H14N6O2/c1-6(2)9(10(17)18-3)12-7-4-11-5-8-13-14-15-16(7)8/h4-6,9,12H,1-3H3. The van der Waals surface area contributed by atoms with E-state index in [2.05, 4.69) is 25.8 Å². The van der Waals surface area contributed by atoms with Gasteiger partial charge in [-0.2, -0.15) is 4.52 Å². The van der Waals surface area contributed by atoms with Crippen molar-refractivity contribution in [2.45, 2.75) is 19.9 Å². The van der Waals surface area contributed by atoms with Crippen LogP contribution in [0, 0.1) is 5.92 Å². The van der Waals surface area contributed by atoms with E-state index in [-0.39, 0.29) is 11.9 Å². The summed E-state index contributed by atoms with van der Waals surface area (Å²) in [7, 11) is 1.36. The van der Waals surface area contributed by atoms with Crippen LogP contribution in [0.3, 0.4) is 0 Å². The fourth-order valence-electron chi connectivity index (χ4n) is 1.56. The maximum Gasteiger partial charge on any atom is 0.328 e. The van der Waals surface area contributed by atoms with Gasteiger partial charge in [-0.25, -0.2) is 4.79 Å². The maximum absolute atomic E-state index is 11.7. The van der Waals surface area contributed by atoms with Crippen molar-refractivity contribution in [2.24, 2.45) is 5.92 Å². The Morgan fingerprint density at radius 2 is 2.22 bits per heavy atom. The van der Waals surface area contributed by atoms with Crippen LogP contribution in [0.25, 0.3) is 5.65 Å². The van der Waals surface area contributed by atoms with Gasteiger partial charge in [0.25, 0.3) is 0 Å². The molecule has 2 heterocycles. The second-order valence-electron chi connectivity index (χ2n) is 4.13. The van der Waals surface area contributed by atoms with Gasteiger partial charge in [0.15, 0.2) is 11.5 Å². The fraction of sp³-hybridized carbons (Fsp3) is 0.500. The Labute approximate surface area is 103 Å². The number of fused-ring (bicyclic) bond motifs is 1. The van der Waals surface area contributed by atoms with E-state index in [0.29, 0.717) is 11.5 Å². The Hall–Kier alpha value is -2.25. The van der Waals surface area contributed by atoms with Gasteiger partial charge in [0.2, 0.25) is 0 Å². The molecule has 0 fully saturated rings. The van der Waals surface area contributed by atoms with Crippen molar-refractivity contribution in [3.8, 4) is 0 Å².